The fourth-order valence-electron chi connectivity index (χ4n) is 3.08. The van der Waals surface area contributed by atoms with Crippen LogP contribution >= 0.6 is 0 Å². The average molecular weight is 339 g/mol. The summed E-state index contributed by atoms with van der Waals surface area (Å²) in [5, 5.41) is 2.84. The lowest BCUT2D eigenvalue weighted by molar-refractivity contribution is -0.125. The Labute approximate surface area is 146 Å². The molecule has 3 N–H and O–H groups in total. The second kappa shape index (κ2) is 7.36. The summed E-state index contributed by atoms with van der Waals surface area (Å²) >= 11 is 0. The molecule has 0 saturated carbocycles. The molecule has 6 nitrogen and oxygen atoms in total. The van der Waals surface area contributed by atoms with Crippen LogP contribution in [0.2, 0.25) is 0 Å². The number of nitrogens with one attached hydrogen (secondary N) is 1. The van der Waals surface area contributed by atoms with Gasteiger partial charge < -0.3 is 15.8 Å². The fourth-order valence-corrected chi connectivity index (χ4v) is 3.08. The zero-order chi connectivity index (χ0) is 17.8. The first-order valence-corrected chi connectivity index (χ1v) is 8.11. The number of primary amides is 1. The third-order valence-electron chi connectivity index (χ3n) is 4.39. The molecule has 0 bridgehead atoms. The van der Waals surface area contributed by atoms with Gasteiger partial charge in [0, 0.05) is 12.2 Å². The van der Waals surface area contributed by atoms with Gasteiger partial charge in [0.05, 0.1) is 19.7 Å². The van der Waals surface area contributed by atoms with Crippen LogP contribution in [0.25, 0.3) is 0 Å². The molecular weight excluding hydrogens is 318 g/mol. The molecule has 0 aromatic heterocycles. The molecule has 0 aliphatic carbocycles. The summed E-state index contributed by atoms with van der Waals surface area (Å²) in [6, 6.07) is 14.5. The first kappa shape index (κ1) is 17.0. The number of hydrogen-bond acceptors (Lipinski definition) is 4. The van der Waals surface area contributed by atoms with E-state index >= 15 is 0 Å². The molecule has 0 radical (unpaired) electrons. The highest BCUT2D eigenvalue weighted by atomic mass is 16.5. The number of ether oxygens (including phenoxy) is 1. The molecule has 1 aliphatic heterocycles. The Morgan fingerprint density at radius 1 is 1.16 bits per heavy atom. The Kier molecular flexibility index (Phi) is 5.00. The van der Waals surface area contributed by atoms with Crippen LogP contribution < -0.4 is 15.8 Å². The van der Waals surface area contributed by atoms with Gasteiger partial charge in [-0.1, -0.05) is 24.3 Å². The van der Waals surface area contributed by atoms with Gasteiger partial charge in [0.15, 0.2) is 0 Å². The van der Waals surface area contributed by atoms with E-state index < -0.39 is 11.9 Å². The second-order valence-electron chi connectivity index (χ2n) is 6.07. The Balaban J connectivity index is 1.69. The van der Waals surface area contributed by atoms with Crippen molar-refractivity contribution in [3.8, 4) is 5.75 Å². The van der Waals surface area contributed by atoms with Crippen LogP contribution in [0, 0.1) is 0 Å². The number of hydrogen-bond donors (Lipinski definition) is 2. The molecule has 0 saturated heterocycles. The lowest BCUT2D eigenvalue weighted by Crippen LogP contribution is -2.50. The standard InChI is InChI=1S/C19H21N3O3/c1-25-16-8-6-15(7-9-16)21-18(23)12-22-11-14-5-3-2-4-13(14)10-17(22)19(20)24/h2-9,17H,10-12H2,1H3,(H2,20,24)(H,21,23)/t17-/m1/s1. The molecule has 0 unspecified atom stereocenters. The lowest BCUT2D eigenvalue weighted by atomic mass is 9.93. The van der Waals surface area contributed by atoms with Gasteiger partial charge in [0.2, 0.25) is 11.8 Å². The molecular formula is C19H21N3O3. The van der Waals surface area contributed by atoms with Crippen molar-refractivity contribution in [2.45, 2.75) is 19.0 Å². The molecule has 1 aliphatic rings. The first-order chi connectivity index (χ1) is 12.1. The maximum Gasteiger partial charge on any atom is 0.238 e. The summed E-state index contributed by atoms with van der Waals surface area (Å²) in [7, 11) is 1.59. The van der Waals surface area contributed by atoms with Gasteiger partial charge in [-0.15, -0.1) is 0 Å². The normalized spacial score (nSPS) is 16.8. The Morgan fingerprint density at radius 2 is 1.84 bits per heavy atom. The van der Waals surface area contributed by atoms with E-state index in [1.807, 2.05) is 29.2 Å². The zero-order valence-electron chi connectivity index (χ0n) is 14.1. The van der Waals surface area contributed by atoms with Gasteiger partial charge in [-0.25, -0.2) is 0 Å². The van der Waals surface area contributed by atoms with E-state index in [9.17, 15) is 9.59 Å². The topological polar surface area (TPSA) is 84.7 Å². The Morgan fingerprint density at radius 3 is 2.48 bits per heavy atom. The van der Waals surface area contributed by atoms with E-state index in [1.165, 1.54) is 0 Å². The number of amides is 2. The monoisotopic (exact) mass is 339 g/mol. The number of rotatable bonds is 5. The number of carbonyl (C=O) groups excluding carboxylic acids is 2. The zero-order valence-corrected chi connectivity index (χ0v) is 14.1. The minimum absolute atomic E-state index is 0.105. The van der Waals surface area contributed by atoms with Crippen LogP contribution in [0.5, 0.6) is 5.75 Å². The van der Waals surface area contributed by atoms with E-state index in [0.717, 1.165) is 16.9 Å². The predicted molar refractivity (Wildman–Crippen MR) is 95.2 cm³/mol. The highest BCUT2D eigenvalue weighted by Gasteiger charge is 2.31. The number of methoxy groups -OCH3 is 1. The maximum atomic E-state index is 12.4. The van der Waals surface area contributed by atoms with E-state index in [-0.39, 0.29) is 12.5 Å². The van der Waals surface area contributed by atoms with Gasteiger partial charge in [-0.3, -0.25) is 14.5 Å². The van der Waals surface area contributed by atoms with E-state index in [2.05, 4.69) is 5.32 Å². The lowest BCUT2D eigenvalue weighted by Gasteiger charge is -2.34. The minimum Gasteiger partial charge on any atom is -0.497 e. The summed E-state index contributed by atoms with van der Waals surface area (Å²) in [6.45, 7) is 0.633. The van der Waals surface area contributed by atoms with Gasteiger partial charge in [-0.05, 0) is 41.8 Å². The highest BCUT2D eigenvalue weighted by molar-refractivity contribution is 5.93. The highest BCUT2D eigenvalue weighted by Crippen LogP contribution is 2.23. The van der Waals surface area contributed by atoms with Gasteiger partial charge in [-0.2, -0.15) is 0 Å². The van der Waals surface area contributed by atoms with E-state index in [1.54, 1.807) is 31.4 Å². The van der Waals surface area contributed by atoms with Crippen molar-refractivity contribution in [3.05, 3.63) is 59.7 Å². The third-order valence-corrected chi connectivity index (χ3v) is 4.39. The van der Waals surface area contributed by atoms with Crippen LogP contribution in [0.4, 0.5) is 5.69 Å². The average Bonchev–Trinajstić information content (AvgIpc) is 2.61. The number of benzene rings is 2. The van der Waals surface area contributed by atoms with Crippen LogP contribution in [0.3, 0.4) is 0 Å². The molecule has 6 heteroatoms. The predicted octanol–water partition coefficient (Wildman–Crippen LogP) is 1.55. The smallest absolute Gasteiger partial charge is 0.238 e. The summed E-state index contributed by atoms with van der Waals surface area (Å²) < 4.78 is 5.10. The molecule has 0 spiro atoms. The SMILES string of the molecule is COc1ccc(NC(=O)CN2Cc3ccccc3C[C@@H]2C(N)=O)cc1. The number of nitrogens with two attached hydrogens (primary N) is 1. The molecule has 25 heavy (non-hydrogen) atoms. The molecule has 130 valence electrons. The van der Waals surface area contributed by atoms with Gasteiger partial charge in [0.1, 0.15) is 5.75 Å². The second-order valence-corrected chi connectivity index (χ2v) is 6.07. The molecule has 2 aromatic carbocycles. The molecule has 1 heterocycles. The Bertz CT molecular complexity index is 774. The molecule has 3 rings (SSSR count). The number of carbonyl (C=O) groups is 2. The molecule has 1 atom stereocenters. The van der Waals surface area contributed by atoms with Crippen molar-refractivity contribution >= 4 is 17.5 Å². The van der Waals surface area contributed by atoms with Crippen molar-refractivity contribution < 1.29 is 14.3 Å². The largest absolute Gasteiger partial charge is 0.497 e. The van der Waals surface area contributed by atoms with Crippen molar-refractivity contribution in [1.82, 2.24) is 4.90 Å². The maximum absolute atomic E-state index is 12.4. The van der Waals surface area contributed by atoms with Crippen LogP contribution in [0.1, 0.15) is 11.1 Å². The van der Waals surface area contributed by atoms with Crippen molar-refractivity contribution in [2.75, 3.05) is 19.0 Å². The number of nitrogens with zero attached hydrogens (tertiary/aromatic N) is 1. The van der Waals surface area contributed by atoms with Crippen molar-refractivity contribution in [1.29, 1.82) is 0 Å². The van der Waals surface area contributed by atoms with E-state index in [0.29, 0.717) is 18.7 Å². The van der Waals surface area contributed by atoms with Crippen LogP contribution in [0.15, 0.2) is 48.5 Å². The Hall–Kier alpha value is -2.86. The minimum atomic E-state index is -0.475. The summed E-state index contributed by atoms with van der Waals surface area (Å²) in [6.07, 6.45) is 0.529. The van der Waals surface area contributed by atoms with Gasteiger partial charge in [0.25, 0.3) is 0 Å². The number of fused-ring (bicyclic) bond motifs is 1. The summed E-state index contributed by atoms with van der Waals surface area (Å²) in [5.74, 6) is 0.127. The third kappa shape index (κ3) is 3.97. The van der Waals surface area contributed by atoms with E-state index in [4.69, 9.17) is 10.5 Å². The fraction of sp³-hybridized carbons (Fsp3) is 0.263. The van der Waals surface area contributed by atoms with Crippen LogP contribution in [-0.2, 0) is 22.6 Å². The molecule has 2 aromatic rings. The van der Waals surface area contributed by atoms with Crippen molar-refractivity contribution in [2.24, 2.45) is 5.73 Å². The van der Waals surface area contributed by atoms with Crippen molar-refractivity contribution in [3.63, 3.8) is 0 Å². The number of anilines is 1. The van der Waals surface area contributed by atoms with Gasteiger partial charge >= 0.3 is 0 Å². The summed E-state index contributed by atoms with van der Waals surface area (Å²) in [4.78, 5) is 26.0. The summed E-state index contributed by atoms with van der Waals surface area (Å²) in [5.41, 5.74) is 8.46. The molecule has 2 amide bonds. The first-order valence-electron chi connectivity index (χ1n) is 8.11. The molecule has 0 fully saturated rings. The quantitative estimate of drug-likeness (QED) is 0.865. The van der Waals surface area contributed by atoms with Crippen LogP contribution in [-0.4, -0.2) is 36.4 Å².